The van der Waals surface area contributed by atoms with E-state index in [1.807, 2.05) is 47.1 Å². The van der Waals surface area contributed by atoms with Crippen molar-refractivity contribution in [2.75, 3.05) is 0 Å². The quantitative estimate of drug-likeness (QED) is 0.387. The molecule has 0 saturated heterocycles. The molecule has 0 fully saturated rings. The summed E-state index contributed by atoms with van der Waals surface area (Å²) in [6, 6.07) is 23.7. The van der Waals surface area contributed by atoms with Crippen LogP contribution in [0.15, 0.2) is 82.7 Å². The fourth-order valence-electron chi connectivity index (χ4n) is 5.16. The standard InChI is InChI=1S/C26H18N2S3/c1-25-19(16-11-6-7-12-17(16)30-25)23-22(28-24(29-23)15-9-4-3-5-10-15)20-21-18(13-8-14-27-21)31-26(20,25)2/h3-14H,1-2H3. The van der Waals surface area contributed by atoms with Gasteiger partial charge in [0.2, 0.25) is 0 Å². The largest absolute Gasteiger partial charge is 0.255 e. The minimum atomic E-state index is -0.141. The van der Waals surface area contributed by atoms with E-state index in [-0.39, 0.29) is 9.49 Å². The van der Waals surface area contributed by atoms with Crippen LogP contribution in [0.4, 0.5) is 0 Å². The number of aromatic nitrogens is 2. The number of pyridine rings is 1. The summed E-state index contributed by atoms with van der Waals surface area (Å²) in [7, 11) is 0. The zero-order chi connectivity index (χ0) is 20.8. The molecule has 2 nitrogen and oxygen atoms in total. The molecule has 0 saturated carbocycles. The SMILES string of the molecule is CC12Sc3cccnc3C1=c1nc(-c3ccccc3)sc1=C1c3ccccc3SC12C. The first-order valence-electron chi connectivity index (χ1n) is 10.3. The van der Waals surface area contributed by atoms with Crippen LogP contribution in [0, 0.1) is 0 Å². The minimum absolute atomic E-state index is 0.0924. The predicted molar refractivity (Wildman–Crippen MR) is 131 cm³/mol. The first-order valence-corrected chi connectivity index (χ1v) is 12.8. The normalized spacial score (nSPS) is 25.0. The van der Waals surface area contributed by atoms with Gasteiger partial charge in [-0.25, -0.2) is 4.98 Å². The van der Waals surface area contributed by atoms with Crippen LogP contribution in [0.2, 0.25) is 0 Å². The molecule has 1 aliphatic carbocycles. The van der Waals surface area contributed by atoms with E-state index in [9.17, 15) is 0 Å². The molecule has 2 aliphatic heterocycles. The van der Waals surface area contributed by atoms with Crippen LogP contribution in [0.3, 0.4) is 0 Å². The van der Waals surface area contributed by atoms with Crippen molar-refractivity contribution in [2.24, 2.45) is 0 Å². The van der Waals surface area contributed by atoms with Gasteiger partial charge in [-0.3, -0.25) is 4.98 Å². The number of thioether (sulfide) groups is 2. The smallest absolute Gasteiger partial charge is 0.124 e. The molecule has 31 heavy (non-hydrogen) atoms. The van der Waals surface area contributed by atoms with E-state index < -0.39 is 0 Å². The highest BCUT2D eigenvalue weighted by Crippen LogP contribution is 2.67. The number of thiazole rings is 1. The van der Waals surface area contributed by atoms with Gasteiger partial charge in [0.25, 0.3) is 0 Å². The highest BCUT2D eigenvalue weighted by atomic mass is 32.2. The van der Waals surface area contributed by atoms with Crippen LogP contribution < -0.4 is 9.88 Å². The van der Waals surface area contributed by atoms with E-state index >= 15 is 0 Å². The van der Waals surface area contributed by atoms with Gasteiger partial charge in [0.1, 0.15) is 5.01 Å². The van der Waals surface area contributed by atoms with Crippen molar-refractivity contribution >= 4 is 46.0 Å². The molecule has 0 spiro atoms. The predicted octanol–water partition coefficient (Wildman–Crippen LogP) is 5.35. The van der Waals surface area contributed by atoms with Crippen molar-refractivity contribution in [1.29, 1.82) is 0 Å². The Labute approximate surface area is 193 Å². The zero-order valence-electron chi connectivity index (χ0n) is 17.0. The molecule has 2 unspecified atom stereocenters. The Hall–Kier alpha value is -2.34. The van der Waals surface area contributed by atoms with E-state index in [1.54, 1.807) is 0 Å². The lowest BCUT2D eigenvalue weighted by Gasteiger charge is -2.43. The lowest BCUT2D eigenvalue weighted by Crippen LogP contribution is -2.53. The summed E-state index contributed by atoms with van der Waals surface area (Å²) in [4.78, 5) is 12.8. The lowest BCUT2D eigenvalue weighted by atomic mass is 9.75. The number of fused-ring (bicyclic) bond motifs is 8. The molecule has 4 heterocycles. The maximum absolute atomic E-state index is 5.27. The van der Waals surface area contributed by atoms with Crippen molar-refractivity contribution in [2.45, 2.75) is 33.1 Å². The van der Waals surface area contributed by atoms with E-state index in [0.29, 0.717) is 0 Å². The average molecular weight is 455 g/mol. The molecular formula is C26H18N2S3. The highest BCUT2D eigenvalue weighted by Gasteiger charge is 2.60. The van der Waals surface area contributed by atoms with Gasteiger partial charge in [0.15, 0.2) is 0 Å². The van der Waals surface area contributed by atoms with Crippen LogP contribution >= 0.6 is 34.9 Å². The van der Waals surface area contributed by atoms with Gasteiger partial charge >= 0.3 is 0 Å². The minimum Gasteiger partial charge on any atom is -0.255 e. The van der Waals surface area contributed by atoms with Gasteiger partial charge < -0.3 is 0 Å². The summed E-state index contributed by atoms with van der Waals surface area (Å²) < 4.78 is 1.08. The molecule has 2 aromatic heterocycles. The van der Waals surface area contributed by atoms with Crippen LogP contribution in [-0.2, 0) is 0 Å². The number of nitrogens with zero attached hydrogens (tertiary/aromatic N) is 2. The van der Waals surface area contributed by atoms with Crippen molar-refractivity contribution in [1.82, 2.24) is 9.97 Å². The Morgan fingerprint density at radius 3 is 2.32 bits per heavy atom. The Balaban J connectivity index is 1.69. The van der Waals surface area contributed by atoms with Crippen molar-refractivity contribution in [3.63, 3.8) is 0 Å². The summed E-state index contributed by atoms with van der Waals surface area (Å²) >= 11 is 5.80. The molecule has 7 rings (SSSR count). The second-order valence-corrected chi connectivity index (χ2v) is 12.3. The average Bonchev–Trinajstić information content (AvgIpc) is 3.43. The van der Waals surface area contributed by atoms with Crippen LogP contribution in [0.5, 0.6) is 0 Å². The third kappa shape index (κ3) is 2.22. The molecule has 0 radical (unpaired) electrons. The van der Waals surface area contributed by atoms with Crippen LogP contribution in [0.1, 0.15) is 25.1 Å². The van der Waals surface area contributed by atoms with Gasteiger partial charge in [0, 0.05) is 27.1 Å². The molecule has 2 aromatic carbocycles. The number of hydrogen-bond donors (Lipinski definition) is 0. The van der Waals surface area contributed by atoms with Gasteiger partial charge in [-0.05, 0) is 43.2 Å². The molecule has 5 heteroatoms. The van der Waals surface area contributed by atoms with Crippen molar-refractivity contribution in [3.8, 4) is 10.6 Å². The Morgan fingerprint density at radius 1 is 0.742 bits per heavy atom. The maximum atomic E-state index is 5.27. The lowest BCUT2D eigenvalue weighted by molar-refractivity contribution is 0.684. The second-order valence-electron chi connectivity index (χ2n) is 8.43. The van der Waals surface area contributed by atoms with Gasteiger partial charge in [-0.15, -0.1) is 34.9 Å². The van der Waals surface area contributed by atoms with E-state index in [1.165, 1.54) is 36.6 Å². The molecule has 0 bridgehead atoms. The summed E-state index contributed by atoms with van der Waals surface area (Å²) in [5.74, 6) is 0. The summed E-state index contributed by atoms with van der Waals surface area (Å²) in [6.07, 6.45) is 1.92. The van der Waals surface area contributed by atoms with E-state index in [4.69, 9.17) is 9.97 Å². The first-order chi connectivity index (χ1) is 15.1. The maximum Gasteiger partial charge on any atom is 0.124 e. The van der Waals surface area contributed by atoms with Gasteiger partial charge in [-0.1, -0.05) is 48.5 Å². The molecule has 2 atom stereocenters. The first kappa shape index (κ1) is 18.3. The van der Waals surface area contributed by atoms with E-state index in [2.05, 4.69) is 74.5 Å². The fourth-order valence-corrected chi connectivity index (χ4v) is 9.63. The Bertz CT molecular complexity index is 1430. The van der Waals surface area contributed by atoms with Crippen LogP contribution in [-0.4, -0.2) is 19.5 Å². The molecule has 0 N–H and O–H groups in total. The molecular weight excluding hydrogens is 437 g/mol. The topological polar surface area (TPSA) is 25.8 Å². The third-order valence-corrected chi connectivity index (χ3v) is 11.2. The second kappa shape index (κ2) is 6.12. The van der Waals surface area contributed by atoms with E-state index in [0.717, 1.165) is 16.1 Å². The molecule has 3 aliphatic rings. The molecule has 150 valence electrons. The summed E-state index contributed by atoms with van der Waals surface area (Å²) in [5.41, 5.74) is 6.39. The molecule has 4 aromatic rings. The molecule has 0 amide bonds. The van der Waals surface area contributed by atoms with Gasteiger partial charge in [-0.2, -0.15) is 0 Å². The van der Waals surface area contributed by atoms with Crippen molar-refractivity contribution in [3.05, 3.63) is 94.1 Å². The summed E-state index contributed by atoms with van der Waals surface area (Å²) in [6.45, 7) is 4.83. The number of benzene rings is 2. The fraction of sp³-hybridized carbons (Fsp3) is 0.154. The van der Waals surface area contributed by atoms with Gasteiger partial charge in [0.05, 0.1) is 25.1 Å². The zero-order valence-corrected chi connectivity index (χ0v) is 19.5. The highest BCUT2D eigenvalue weighted by molar-refractivity contribution is 8.06. The Kier molecular flexibility index (Phi) is 3.61. The van der Waals surface area contributed by atoms with Crippen LogP contribution in [0.25, 0.3) is 21.7 Å². The summed E-state index contributed by atoms with van der Waals surface area (Å²) in [5, 5.41) is 2.21. The third-order valence-electron chi connectivity index (χ3n) is 6.77. The Morgan fingerprint density at radius 2 is 1.45 bits per heavy atom. The van der Waals surface area contributed by atoms with Crippen molar-refractivity contribution < 1.29 is 0 Å². The number of hydrogen-bond acceptors (Lipinski definition) is 5. The monoisotopic (exact) mass is 454 g/mol. The number of rotatable bonds is 1.